The number of nitrogens with one attached hydrogen (secondary N) is 1. The van der Waals surface area contributed by atoms with Crippen LogP contribution in [-0.2, 0) is 4.74 Å². The topological polar surface area (TPSA) is 59.4 Å². The van der Waals surface area contributed by atoms with Gasteiger partial charge in [-0.2, -0.15) is 0 Å². The Bertz CT molecular complexity index is 857. The van der Waals surface area contributed by atoms with Crippen molar-refractivity contribution in [2.75, 3.05) is 13.2 Å². The second-order valence-corrected chi connectivity index (χ2v) is 5.27. The summed E-state index contributed by atoms with van der Waals surface area (Å²) in [5.74, 6) is 1.21. The van der Waals surface area contributed by atoms with Crippen molar-refractivity contribution in [3.63, 3.8) is 0 Å². The van der Waals surface area contributed by atoms with E-state index in [-0.39, 0.29) is 11.5 Å². The van der Waals surface area contributed by atoms with Gasteiger partial charge >= 0.3 is 0 Å². The number of aryl methyl sites for hydroxylation is 1. The number of benzene rings is 1. The van der Waals surface area contributed by atoms with E-state index in [4.69, 9.17) is 4.74 Å². The molecule has 20 heavy (non-hydrogen) atoms. The highest BCUT2D eigenvalue weighted by Crippen LogP contribution is 2.27. The molecule has 1 fully saturated rings. The van der Waals surface area contributed by atoms with Crippen molar-refractivity contribution in [3.8, 4) is 0 Å². The molecule has 2 aromatic heterocycles. The van der Waals surface area contributed by atoms with Crippen LogP contribution in [0.15, 0.2) is 29.1 Å². The summed E-state index contributed by atoms with van der Waals surface area (Å²) in [4.78, 5) is 19.9. The van der Waals surface area contributed by atoms with Gasteiger partial charge in [-0.25, -0.2) is 4.98 Å². The molecule has 1 aliphatic heterocycles. The summed E-state index contributed by atoms with van der Waals surface area (Å²) >= 11 is 0. The third-order valence-corrected chi connectivity index (χ3v) is 3.98. The Hall–Kier alpha value is -2.14. The molecule has 5 nitrogen and oxygen atoms in total. The van der Waals surface area contributed by atoms with E-state index in [2.05, 4.69) is 9.97 Å². The SMILES string of the molecule is Cc1nc(C2CCOC2)n2c1c(=O)[nH]c1ccccc12. The molecule has 4 rings (SSSR count). The first-order valence-corrected chi connectivity index (χ1v) is 6.83. The van der Waals surface area contributed by atoms with Crippen molar-refractivity contribution < 1.29 is 4.74 Å². The van der Waals surface area contributed by atoms with Gasteiger partial charge in [0.1, 0.15) is 11.3 Å². The molecule has 1 N–H and O–H groups in total. The molecule has 0 saturated carbocycles. The first kappa shape index (κ1) is 11.7. The first-order chi connectivity index (χ1) is 9.75. The minimum Gasteiger partial charge on any atom is -0.381 e. The Morgan fingerprint density at radius 2 is 2.25 bits per heavy atom. The second-order valence-electron chi connectivity index (χ2n) is 5.27. The van der Waals surface area contributed by atoms with Crippen LogP contribution in [0.1, 0.15) is 23.9 Å². The average Bonchev–Trinajstić information content (AvgIpc) is 3.06. The molecule has 3 heterocycles. The van der Waals surface area contributed by atoms with Crippen molar-refractivity contribution in [3.05, 3.63) is 46.1 Å². The van der Waals surface area contributed by atoms with E-state index < -0.39 is 0 Å². The summed E-state index contributed by atoms with van der Waals surface area (Å²) in [5.41, 5.74) is 3.16. The normalized spacial score (nSPS) is 19.1. The Balaban J connectivity index is 2.17. The van der Waals surface area contributed by atoms with Gasteiger partial charge in [-0.3, -0.25) is 9.20 Å². The quantitative estimate of drug-likeness (QED) is 0.735. The van der Waals surface area contributed by atoms with Crippen molar-refractivity contribution in [2.24, 2.45) is 0 Å². The van der Waals surface area contributed by atoms with Crippen molar-refractivity contribution >= 4 is 16.6 Å². The van der Waals surface area contributed by atoms with Crippen LogP contribution in [0.2, 0.25) is 0 Å². The summed E-state index contributed by atoms with van der Waals surface area (Å²) in [5, 5.41) is 0. The van der Waals surface area contributed by atoms with Gasteiger partial charge in [0.2, 0.25) is 0 Å². The molecule has 0 spiro atoms. The Morgan fingerprint density at radius 3 is 3.05 bits per heavy atom. The van der Waals surface area contributed by atoms with Crippen LogP contribution in [0.4, 0.5) is 0 Å². The lowest BCUT2D eigenvalue weighted by Crippen LogP contribution is -2.13. The zero-order valence-corrected chi connectivity index (χ0v) is 11.2. The average molecular weight is 269 g/mol. The number of H-pyrrole nitrogens is 1. The predicted octanol–water partition coefficient (Wildman–Crippen LogP) is 1.99. The predicted molar refractivity (Wildman–Crippen MR) is 76.2 cm³/mol. The second kappa shape index (κ2) is 4.18. The highest BCUT2D eigenvalue weighted by molar-refractivity contribution is 5.79. The number of fused-ring (bicyclic) bond motifs is 3. The first-order valence-electron chi connectivity index (χ1n) is 6.83. The smallest absolute Gasteiger partial charge is 0.274 e. The van der Waals surface area contributed by atoms with Crippen LogP contribution in [0.25, 0.3) is 16.6 Å². The summed E-state index contributed by atoms with van der Waals surface area (Å²) in [7, 11) is 0. The number of nitrogens with zero attached hydrogens (tertiary/aromatic N) is 2. The van der Waals surface area contributed by atoms with E-state index in [1.165, 1.54) is 0 Å². The van der Waals surface area contributed by atoms with Gasteiger partial charge in [-0.05, 0) is 25.5 Å². The molecule has 3 aromatic rings. The molecular formula is C15H15N3O2. The number of hydrogen-bond donors (Lipinski definition) is 1. The van der Waals surface area contributed by atoms with Gasteiger partial charge in [-0.1, -0.05) is 12.1 Å². The highest BCUT2D eigenvalue weighted by atomic mass is 16.5. The molecule has 0 amide bonds. The molecule has 0 bridgehead atoms. The van der Waals surface area contributed by atoms with Crippen LogP contribution in [0, 0.1) is 6.92 Å². The number of imidazole rings is 1. The number of aromatic nitrogens is 3. The molecule has 102 valence electrons. The van der Waals surface area contributed by atoms with Crippen LogP contribution in [-0.4, -0.2) is 27.6 Å². The lowest BCUT2D eigenvalue weighted by atomic mass is 10.1. The lowest BCUT2D eigenvalue weighted by Gasteiger charge is -2.09. The minimum atomic E-state index is -0.0844. The maximum absolute atomic E-state index is 12.3. The van der Waals surface area contributed by atoms with E-state index >= 15 is 0 Å². The van der Waals surface area contributed by atoms with Gasteiger partial charge in [0.05, 0.1) is 23.3 Å². The summed E-state index contributed by atoms with van der Waals surface area (Å²) < 4.78 is 7.48. The molecule has 5 heteroatoms. The lowest BCUT2D eigenvalue weighted by molar-refractivity contribution is 0.193. The number of para-hydroxylation sites is 2. The largest absolute Gasteiger partial charge is 0.381 e. The Kier molecular flexibility index (Phi) is 2.44. The van der Waals surface area contributed by atoms with E-state index in [1.54, 1.807) is 0 Å². The maximum atomic E-state index is 12.3. The number of rotatable bonds is 1. The highest BCUT2D eigenvalue weighted by Gasteiger charge is 2.25. The molecular weight excluding hydrogens is 254 g/mol. The van der Waals surface area contributed by atoms with Gasteiger partial charge in [0.25, 0.3) is 5.56 Å². The van der Waals surface area contributed by atoms with Crippen LogP contribution >= 0.6 is 0 Å². The van der Waals surface area contributed by atoms with E-state index in [1.807, 2.05) is 35.6 Å². The van der Waals surface area contributed by atoms with Crippen molar-refractivity contribution in [2.45, 2.75) is 19.3 Å². The zero-order chi connectivity index (χ0) is 13.7. The molecule has 1 unspecified atom stereocenters. The summed E-state index contributed by atoms with van der Waals surface area (Å²) in [6.07, 6.45) is 0.958. The number of aromatic amines is 1. The van der Waals surface area contributed by atoms with E-state index in [0.717, 1.165) is 35.6 Å². The third kappa shape index (κ3) is 1.53. The molecule has 0 radical (unpaired) electrons. The zero-order valence-electron chi connectivity index (χ0n) is 11.2. The fourth-order valence-corrected chi connectivity index (χ4v) is 3.03. The molecule has 1 atom stereocenters. The third-order valence-electron chi connectivity index (χ3n) is 3.98. The van der Waals surface area contributed by atoms with Gasteiger partial charge in [0.15, 0.2) is 0 Å². The fourth-order valence-electron chi connectivity index (χ4n) is 3.03. The minimum absolute atomic E-state index is 0.0844. The van der Waals surface area contributed by atoms with Crippen molar-refractivity contribution in [1.29, 1.82) is 0 Å². The Morgan fingerprint density at radius 1 is 1.40 bits per heavy atom. The Labute approximate surface area is 115 Å². The fraction of sp³-hybridized carbons (Fsp3) is 0.333. The maximum Gasteiger partial charge on any atom is 0.274 e. The molecule has 1 aliphatic rings. The number of ether oxygens (including phenoxy) is 1. The van der Waals surface area contributed by atoms with Gasteiger partial charge < -0.3 is 9.72 Å². The van der Waals surface area contributed by atoms with Crippen LogP contribution < -0.4 is 5.56 Å². The molecule has 1 saturated heterocycles. The van der Waals surface area contributed by atoms with E-state index in [9.17, 15) is 4.79 Å². The van der Waals surface area contributed by atoms with Crippen LogP contribution in [0.3, 0.4) is 0 Å². The summed E-state index contributed by atoms with van der Waals surface area (Å²) in [6.45, 7) is 3.33. The molecule has 1 aromatic carbocycles. The van der Waals surface area contributed by atoms with Crippen LogP contribution in [0.5, 0.6) is 0 Å². The van der Waals surface area contributed by atoms with Gasteiger partial charge in [0, 0.05) is 12.5 Å². The monoisotopic (exact) mass is 269 g/mol. The van der Waals surface area contributed by atoms with Crippen molar-refractivity contribution in [1.82, 2.24) is 14.4 Å². The molecule has 0 aliphatic carbocycles. The number of hydrogen-bond acceptors (Lipinski definition) is 3. The standard InChI is InChI=1S/C15H15N3O2/c1-9-13-15(19)17-11-4-2-3-5-12(11)18(13)14(16-9)10-6-7-20-8-10/h2-5,10H,6-8H2,1H3,(H,17,19). The summed E-state index contributed by atoms with van der Waals surface area (Å²) in [6, 6.07) is 7.83. The van der Waals surface area contributed by atoms with E-state index in [0.29, 0.717) is 12.1 Å². The van der Waals surface area contributed by atoms with Gasteiger partial charge in [-0.15, -0.1) is 0 Å².